The Morgan fingerprint density at radius 2 is 2.12 bits per heavy atom. The summed E-state index contributed by atoms with van der Waals surface area (Å²) in [4.78, 5) is 11.7. The molecule has 0 bridgehead atoms. The molecular formula is C3HF3O2. The predicted molar refractivity (Wildman–Crippen MR) is 17.5 cm³/mol. The Labute approximate surface area is 42.5 Å². The molecule has 0 aromatic heterocycles. The Hall–Kier alpha value is -1.00. The molecule has 0 saturated heterocycles. The van der Waals surface area contributed by atoms with Gasteiger partial charge in [0, 0.05) is 4.53 Å². The lowest BCUT2D eigenvalue weighted by atomic mass is 10.6. The minimum atomic E-state index is -1.97. The molecule has 0 N–H and O–H groups in total. The van der Waals surface area contributed by atoms with Crippen LogP contribution in [0.1, 0.15) is 0 Å². The summed E-state index contributed by atoms with van der Waals surface area (Å²) in [5, 5.41) is 0. The summed E-state index contributed by atoms with van der Waals surface area (Å²) in [7, 11) is 0. The molecule has 46 valence electrons. The van der Waals surface area contributed by atoms with Crippen molar-refractivity contribution in [1.82, 2.24) is 0 Å². The molecule has 0 fully saturated rings. The van der Waals surface area contributed by atoms with Crippen molar-refractivity contribution < 1.29 is 23.0 Å². The van der Waals surface area contributed by atoms with Gasteiger partial charge >= 0.3 is 5.97 Å². The lowest BCUT2D eigenvalue weighted by Gasteiger charge is -1.82. The van der Waals surface area contributed by atoms with Gasteiger partial charge in [0.05, 0.1) is 0 Å². The SMILES string of the molecule is O=C(OF)C(F)=CF. The zero-order valence-corrected chi connectivity index (χ0v) is 3.53. The van der Waals surface area contributed by atoms with E-state index in [1.807, 2.05) is 0 Å². The quantitative estimate of drug-likeness (QED) is 0.493. The Balaban J connectivity index is 3.83. The summed E-state index contributed by atoms with van der Waals surface area (Å²) in [5.41, 5.74) is 0. The van der Waals surface area contributed by atoms with E-state index in [-0.39, 0.29) is 0 Å². The van der Waals surface area contributed by atoms with E-state index in [9.17, 15) is 18.1 Å². The molecule has 0 atom stereocenters. The van der Waals surface area contributed by atoms with Crippen molar-refractivity contribution in [3.05, 3.63) is 12.2 Å². The maximum absolute atomic E-state index is 11.3. The van der Waals surface area contributed by atoms with Gasteiger partial charge in [0.25, 0.3) is 0 Å². The van der Waals surface area contributed by atoms with Gasteiger partial charge in [0.2, 0.25) is 5.83 Å². The predicted octanol–water partition coefficient (Wildman–Crippen LogP) is 1.19. The summed E-state index contributed by atoms with van der Waals surface area (Å²) in [6.07, 6.45) is -0.693. The third kappa shape index (κ3) is 1.63. The highest BCUT2D eigenvalue weighted by Gasteiger charge is 2.09. The van der Waals surface area contributed by atoms with Gasteiger partial charge in [-0.05, 0) is 0 Å². The number of rotatable bonds is 1. The summed E-state index contributed by atoms with van der Waals surface area (Å²) >= 11 is 0. The highest BCUT2D eigenvalue weighted by Crippen LogP contribution is 1.98. The molecule has 0 radical (unpaired) electrons. The number of hydrogen-bond donors (Lipinski definition) is 0. The molecule has 5 heteroatoms. The van der Waals surface area contributed by atoms with E-state index >= 15 is 0 Å². The van der Waals surface area contributed by atoms with Crippen molar-refractivity contribution in [3.8, 4) is 0 Å². The van der Waals surface area contributed by atoms with Crippen LogP contribution in [0.5, 0.6) is 0 Å². The lowest BCUT2D eigenvalue weighted by Crippen LogP contribution is -1.95. The van der Waals surface area contributed by atoms with Crippen LogP contribution in [0.4, 0.5) is 13.3 Å². The second-order valence-electron chi connectivity index (χ2n) is 0.822. The third-order valence-electron chi connectivity index (χ3n) is 0.361. The van der Waals surface area contributed by atoms with Crippen LogP contribution in [-0.4, -0.2) is 5.97 Å². The largest absolute Gasteiger partial charge is 0.410 e. The molecular weight excluding hydrogens is 125 g/mol. The average Bonchev–Trinajstić information content (AvgIpc) is 1.84. The van der Waals surface area contributed by atoms with Crippen LogP contribution >= 0.6 is 0 Å². The molecule has 0 aromatic rings. The first-order valence-electron chi connectivity index (χ1n) is 1.51. The van der Waals surface area contributed by atoms with Gasteiger partial charge in [0.15, 0.2) is 0 Å². The van der Waals surface area contributed by atoms with E-state index in [4.69, 9.17) is 0 Å². The van der Waals surface area contributed by atoms with Crippen LogP contribution in [0.2, 0.25) is 0 Å². The normalized spacial score (nSPS) is 11.1. The van der Waals surface area contributed by atoms with Gasteiger partial charge < -0.3 is 0 Å². The summed E-state index contributed by atoms with van der Waals surface area (Å²) in [6.45, 7) is 0. The van der Waals surface area contributed by atoms with E-state index in [1.54, 1.807) is 0 Å². The fourth-order valence-corrected chi connectivity index (χ4v) is 0.0814. The summed E-state index contributed by atoms with van der Waals surface area (Å²) in [5.74, 6) is -3.86. The second-order valence-corrected chi connectivity index (χ2v) is 0.822. The molecule has 0 amide bonds. The highest BCUT2D eigenvalue weighted by molar-refractivity contribution is 5.84. The number of hydrogen-bond acceptors (Lipinski definition) is 2. The molecule has 2 nitrogen and oxygen atoms in total. The second kappa shape index (κ2) is 3.06. The number of carbonyl (C=O) groups excluding carboxylic acids is 1. The smallest absolute Gasteiger partial charge is 0.247 e. The highest BCUT2D eigenvalue weighted by atomic mass is 19.3. The zero-order valence-electron chi connectivity index (χ0n) is 3.53. The van der Waals surface area contributed by atoms with Crippen molar-refractivity contribution in [3.63, 3.8) is 0 Å². The number of carbonyl (C=O) groups is 1. The monoisotopic (exact) mass is 126 g/mol. The average molecular weight is 126 g/mol. The van der Waals surface area contributed by atoms with Crippen LogP contribution in [-0.2, 0) is 9.74 Å². The molecule has 0 aliphatic carbocycles. The van der Waals surface area contributed by atoms with Crippen LogP contribution in [0, 0.1) is 0 Å². The maximum atomic E-state index is 11.3. The summed E-state index contributed by atoms with van der Waals surface area (Å²) in [6, 6.07) is 0. The first kappa shape index (κ1) is 7.00. The topological polar surface area (TPSA) is 26.3 Å². The Kier molecular flexibility index (Phi) is 2.68. The van der Waals surface area contributed by atoms with E-state index in [0.29, 0.717) is 0 Å². The fraction of sp³-hybridized carbons (Fsp3) is 0. The van der Waals surface area contributed by atoms with Crippen molar-refractivity contribution in [2.24, 2.45) is 0 Å². The van der Waals surface area contributed by atoms with Crippen molar-refractivity contribution in [2.45, 2.75) is 0 Å². The molecule has 0 aromatic carbocycles. The molecule has 0 rings (SSSR count). The van der Waals surface area contributed by atoms with Gasteiger partial charge in [-0.15, -0.1) is 0 Å². The summed E-state index contributed by atoms with van der Waals surface area (Å²) < 4.78 is 32.6. The van der Waals surface area contributed by atoms with Gasteiger partial charge in [0.1, 0.15) is 6.33 Å². The Bertz CT molecular complexity index is 120. The van der Waals surface area contributed by atoms with Crippen molar-refractivity contribution in [2.75, 3.05) is 0 Å². The van der Waals surface area contributed by atoms with Crippen LogP contribution in [0.25, 0.3) is 0 Å². The molecule has 0 unspecified atom stereocenters. The van der Waals surface area contributed by atoms with E-state index in [1.165, 1.54) is 0 Å². The zero-order chi connectivity index (χ0) is 6.57. The van der Waals surface area contributed by atoms with Crippen LogP contribution in [0.15, 0.2) is 12.2 Å². The molecule has 8 heavy (non-hydrogen) atoms. The van der Waals surface area contributed by atoms with E-state index in [2.05, 4.69) is 4.94 Å². The lowest BCUT2D eigenvalue weighted by molar-refractivity contribution is -0.180. The van der Waals surface area contributed by atoms with Gasteiger partial charge in [-0.25, -0.2) is 14.1 Å². The first-order valence-corrected chi connectivity index (χ1v) is 1.51. The fourth-order valence-electron chi connectivity index (χ4n) is 0.0814. The van der Waals surface area contributed by atoms with E-state index < -0.39 is 18.1 Å². The van der Waals surface area contributed by atoms with Crippen LogP contribution < -0.4 is 0 Å². The minimum absolute atomic E-state index is 0.693. The third-order valence-corrected chi connectivity index (χ3v) is 0.361. The van der Waals surface area contributed by atoms with Gasteiger partial charge in [-0.3, -0.25) is 0 Å². The molecule has 0 spiro atoms. The molecule has 0 heterocycles. The van der Waals surface area contributed by atoms with Crippen molar-refractivity contribution in [1.29, 1.82) is 0 Å². The van der Waals surface area contributed by atoms with Crippen molar-refractivity contribution >= 4 is 5.97 Å². The molecule has 0 aliphatic rings. The number of halogens is 3. The first-order chi connectivity index (χ1) is 3.72. The van der Waals surface area contributed by atoms with Gasteiger partial charge in [-0.1, -0.05) is 0 Å². The van der Waals surface area contributed by atoms with E-state index in [0.717, 1.165) is 0 Å². The maximum Gasteiger partial charge on any atom is 0.410 e. The minimum Gasteiger partial charge on any atom is -0.247 e. The molecule has 0 saturated carbocycles. The molecule has 0 aliphatic heterocycles. The van der Waals surface area contributed by atoms with Gasteiger partial charge in [-0.2, -0.15) is 4.39 Å². The Morgan fingerprint density at radius 3 is 2.25 bits per heavy atom. The Morgan fingerprint density at radius 1 is 1.62 bits per heavy atom. The van der Waals surface area contributed by atoms with Crippen LogP contribution in [0.3, 0.4) is 0 Å². The standard InChI is InChI=1S/C3HF3O2/c4-1-2(5)3(7)8-6/h1H.